The molecule has 0 fully saturated rings. The number of rotatable bonds is 8. The quantitative estimate of drug-likeness (QED) is 0.624. The number of carbonyl (C=O) groups is 1. The van der Waals surface area contributed by atoms with Gasteiger partial charge in [-0.3, -0.25) is 4.79 Å². The van der Waals surface area contributed by atoms with Crippen molar-refractivity contribution in [2.45, 2.75) is 39.7 Å². The fourth-order valence-corrected chi connectivity index (χ4v) is 1.47. The lowest BCUT2D eigenvalue weighted by Gasteiger charge is -2.03. The summed E-state index contributed by atoms with van der Waals surface area (Å²) < 4.78 is 6.93. The normalized spacial score (nSPS) is 10.6. The molecule has 1 heterocycles. The van der Waals surface area contributed by atoms with E-state index in [4.69, 9.17) is 4.74 Å². The molecule has 1 rings (SSSR count). The Hall–Kier alpha value is -1.23. The Morgan fingerprint density at radius 1 is 1.50 bits per heavy atom. The Labute approximate surface area is 95.8 Å². The monoisotopic (exact) mass is 225 g/mol. The van der Waals surface area contributed by atoms with Crippen LogP contribution < -0.4 is 0 Å². The molecule has 1 aromatic rings. The Morgan fingerprint density at radius 2 is 2.31 bits per heavy atom. The van der Waals surface area contributed by atoms with E-state index in [0.717, 1.165) is 18.8 Å². The third-order valence-electron chi connectivity index (χ3n) is 2.30. The van der Waals surface area contributed by atoms with Crippen molar-refractivity contribution in [2.24, 2.45) is 0 Å². The summed E-state index contributed by atoms with van der Waals surface area (Å²) in [7, 11) is 0. The second-order valence-electron chi connectivity index (χ2n) is 3.51. The molecule has 0 atom stereocenters. The van der Waals surface area contributed by atoms with Crippen LogP contribution in [0.1, 0.15) is 32.5 Å². The lowest BCUT2D eigenvalue weighted by molar-refractivity contribution is -0.118. The van der Waals surface area contributed by atoms with E-state index in [9.17, 15) is 4.79 Å². The van der Waals surface area contributed by atoms with Crippen molar-refractivity contribution >= 4 is 5.78 Å². The second kappa shape index (κ2) is 7.11. The minimum absolute atomic E-state index is 0.197. The maximum absolute atomic E-state index is 11.6. The zero-order valence-electron chi connectivity index (χ0n) is 9.98. The Morgan fingerprint density at radius 3 is 3.00 bits per heavy atom. The maximum atomic E-state index is 11.6. The molecular formula is C11H19N3O2. The van der Waals surface area contributed by atoms with Gasteiger partial charge < -0.3 is 4.74 Å². The summed E-state index contributed by atoms with van der Waals surface area (Å²) in [6.07, 6.45) is 3.20. The Kier molecular flexibility index (Phi) is 5.71. The number of hydrogen-bond donors (Lipinski definition) is 0. The van der Waals surface area contributed by atoms with Gasteiger partial charge in [-0.25, -0.2) is 9.67 Å². The molecule has 0 N–H and O–H groups in total. The molecule has 5 nitrogen and oxygen atoms in total. The van der Waals surface area contributed by atoms with E-state index in [1.165, 1.54) is 6.33 Å². The molecule has 1 aromatic heterocycles. The van der Waals surface area contributed by atoms with E-state index in [1.807, 2.05) is 13.8 Å². The number of aryl methyl sites for hydroxylation is 1. The first-order chi connectivity index (χ1) is 7.77. The molecule has 0 bridgehead atoms. The fraction of sp³-hybridized carbons (Fsp3) is 0.727. The van der Waals surface area contributed by atoms with Gasteiger partial charge >= 0.3 is 0 Å². The third kappa shape index (κ3) is 4.10. The van der Waals surface area contributed by atoms with Crippen molar-refractivity contribution in [3.63, 3.8) is 0 Å². The molecule has 0 radical (unpaired) electrons. The van der Waals surface area contributed by atoms with E-state index >= 15 is 0 Å². The Bertz CT molecular complexity index is 323. The largest absolute Gasteiger partial charge is 0.382 e. The summed E-state index contributed by atoms with van der Waals surface area (Å²) in [5, 5.41) is 4.03. The highest BCUT2D eigenvalue weighted by Gasteiger charge is 2.08. The predicted octanol–water partition coefficient (Wildman–Crippen LogP) is 1.23. The molecule has 0 aliphatic rings. The van der Waals surface area contributed by atoms with Crippen molar-refractivity contribution in [1.82, 2.24) is 14.8 Å². The summed E-state index contributed by atoms with van der Waals surface area (Å²) >= 11 is 0. The van der Waals surface area contributed by atoms with E-state index < -0.39 is 0 Å². The van der Waals surface area contributed by atoms with E-state index in [0.29, 0.717) is 26.1 Å². The lowest BCUT2D eigenvalue weighted by atomic mass is 10.1. The molecule has 0 aromatic carbocycles. The van der Waals surface area contributed by atoms with Crippen LogP contribution in [0, 0.1) is 0 Å². The first kappa shape index (κ1) is 12.8. The van der Waals surface area contributed by atoms with Gasteiger partial charge in [0, 0.05) is 26.2 Å². The highest BCUT2D eigenvalue weighted by atomic mass is 16.5. The minimum atomic E-state index is 0.197. The topological polar surface area (TPSA) is 57.0 Å². The smallest absolute Gasteiger partial charge is 0.140 e. The van der Waals surface area contributed by atoms with Gasteiger partial charge in [0.05, 0.1) is 6.42 Å². The molecule has 16 heavy (non-hydrogen) atoms. The molecule has 90 valence electrons. The number of ether oxygens (including phenoxy) is 1. The van der Waals surface area contributed by atoms with E-state index in [2.05, 4.69) is 10.1 Å². The first-order valence-electron chi connectivity index (χ1n) is 5.74. The average molecular weight is 225 g/mol. The molecule has 5 heteroatoms. The van der Waals surface area contributed by atoms with Crippen molar-refractivity contribution in [1.29, 1.82) is 0 Å². The number of nitrogens with zero attached hydrogens (tertiary/aromatic N) is 3. The van der Waals surface area contributed by atoms with Gasteiger partial charge in [-0.15, -0.1) is 0 Å². The predicted molar refractivity (Wildman–Crippen MR) is 60.1 cm³/mol. The van der Waals surface area contributed by atoms with Crippen LogP contribution in [0.15, 0.2) is 6.33 Å². The van der Waals surface area contributed by atoms with Crippen LogP contribution in [0.5, 0.6) is 0 Å². The van der Waals surface area contributed by atoms with Crippen LogP contribution in [0.4, 0.5) is 0 Å². The van der Waals surface area contributed by atoms with E-state index in [-0.39, 0.29) is 5.78 Å². The van der Waals surface area contributed by atoms with Gasteiger partial charge in [-0.05, 0) is 20.3 Å². The van der Waals surface area contributed by atoms with E-state index in [1.54, 1.807) is 4.68 Å². The maximum Gasteiger partial charge on any atom is 0.140 e. The molecule has 0 saturated heterocycles. The van der Waals surface area contributed by atoms with Gasteiger partial charge in [0.25, 0.3) is 0 Å². The van der Waals surface area contributed by atoms with Gasteiger partial charge in [0.1, 0.15) is 17.9 Å². The average Bonchev–Trinajstić information content (AvgIpc) is 2.71. The summed E-state index contributed by atoms with van der Waals surface area (Å²) in [4.78, 5) is 15.7. The van der Waals surface area contributed by atoms with Crippen molar-refractivity contribution in [3.8, 4) is 0 Å². The minimum Gasteiger partial charge on any atom is -0.382 e. The van der Waals surface area contributed by atoms with Crippen molar-refractivity contribution in [3.05, 3.63) is 12.2 Å². The molecule has 0 unspecified atom stereocenters. The standard InChI is InChI=1S/C11H19N3O2/c1-3-14-11(12-9-13-14)8-10(15)6-5-7-16-4-2/h9H,3-8H2,1-2H3. The molecular weight excluding hydrogens is 206 g/mol. The van der Waals surface area contributed by atoms with Crippen LogP contribution in [0.25, 0.3) is 0 Å². The number of ketones is 1. The lowest BCUT2D eigenvalue weighted by Crippen LogP contribution is -2.11. The summed E-state index contributed by atoms with van der Waals surface area (Å²) in [6.45, 7) is 6.05. The summed E-state index contributed by atoms with van der Waals surface area (Å²) in [5.74, 6) is 0.950. The molecule has 0 amide bonds. The zero-order chi connectivity index (χ0) is 11.8. The van der Waals surface area contributed by atoms with Gasteiger partial charge in [-0.2, -0.15) is 5.10 Å². The van der Waals surface area contributed by atoms with Gasteiger partial charge in [-0.1, -0.05) is 0 Å². The first-order valence-corrected chi connectivity index (χ1v) is 5.74. The Balaban J connectivity index is 2.28. The van der Waals surface area contributed by atoms with Crippen LogP contribution in [0.3, 0.4) is 0 Å². The SMILES string of the molecule is CCOCCCC(=O)Cc1ncnn1CC. The third-order valence-corrected chi connectivity index (χ3v) is 2.30. The fourth-order valence-electron chi connectivity index (χ4n) is 1.47. The second-order valence-corrected chi connectivity index (χ2v) is 3.51. The van der Waals surface area contributed by atoms with Crippen molar-refractivity contribution in [2.75, 3.05) is 13.2 Å². The summed E-state index contributed by atoms with van der Waals surface area (Å²) in [6, 6.07) is 0. The molecule has 0 spiro atoms. The van der Waals surface area contributed by atoms with Crippen LogP contribution in [-0.2, 0) is 22.5 Å². The highest BCUT2D eigenvalue weighted by Crippen LogP contribution is 2.01. The molecule has 0 saturated carbocycles. The van der Waals surface area contributed by atoms with Crippen molar-refractivity contribution < 1.29 is 9.53 Å². The van der Waals surface area contributed by atoms with Gasteiger partial charge in [0.2, 0.25) is 0 Å². The highest BCUT2D eigenvalue weighted by molar-refractivity contribution is 5.80. The van der Waals surface area contributed by atoms with Crippen LogP contribution in [0.2, 0.25) is 0 Å². The number of carbonyl (C=O) groups excluding carboxylic acids is 1. The number of hydrogen-bond acceptors (Lipinski definition) is 4. The van der Waals surface area contributed by atoms with Crippen LogP contribution >= 0.6 is 0 Å². The van der Waals surface area contributed by atoms with Crippen LogP contribution in [-0.4, -0.2) is 33.8 Å². The summed E-state index contributed by atoms with van der Waals surface area (Å²) in [5.41, 5.74) is 0. The molecule has 0 aliphatic heterocycles. The number of Topliss-reactive ketones (excluding diaryl/α,β-unsaturated/α-hetero) is 1. The zero-order valence-corrected chi connectivity index (χ0v) is 9.98. The van der Waals surface area contributed by atoms with Gasteiger partial charge in [0.15, 0.2) is 0 Å². The molecule has 0 aliphatic carbocycles. The number of aromatic nitrogens is 3.